The van der Waals surface area contributed by atoms with Crippen LogP contribution < -0.4 is 16.4 Å². The first kappa shape index (κ1) is 17.6. The van der Waals surface area contributed by atoms with Crippen molar-refractivity contribution in [2.75, 3.05) is 37.3 Å². The van der Waals surface area contributed by atoms with Crippen LogP contribution in [0.1, 0.15) is 0 Å². The Morgan fingerprint density at radius 2 is 2.29 bits per heavy atom. The Morgan fingerprint density at radius 1 is 1.42 bits per heavy atom. The van der Waals surface area contributed by atoms with Gasteiger partial charge in [-0.1, -0.05) is 41.0 Å². The summed E-state index contributed by atoms with van der Waals surface area (Å²) in [5.41, 5.74) is 6.01. The topological polar surface area (TPSA) is 85.1 Å². The molecule has 2 aromatic rings. The highest BCUT2D eigenvalue weighted by molar-refractivity contribution is 7.99. The van der Waals surface area contributed by atoms with Crippen molar-refractivity contribution in [2.24, 2.45) is 0 Å². The Morgan fingerprint density at radius 3 is 3.04 bits per heavy atom. The van der Waals surface area contributed by atoms with Crippen LogP contribution in [0.15, 0.2) is 34.3 Å². The highest BCUT2D eigenvalue weighted by Crippen LogP contribution is 2.37. The lowest BCUT2D eigenvalue weighted by Crippen LogP contribution is -2.42. The number of anilines is 2. The van der Waals surface area contributed by atoms with Crippen LogP contribution in [0.3, 0.4) is 0 Å². The normalized spacial score (nSPS) is 17.7. The molecular weight excluding hydrogens is 369 g/mol. The largest absolute Gasteiger partial charge is 0.381 e. The number of benzene rings is 1. The zero-order valence-electron chi connectivity index (χ0n) is 12.8. The predicted molar refractivity (Wildman–Crippen MR) is 98.1 cm³/mol. The van der Waals surface area contributed by atoms with Gasteiger partial charge in [0.25, 0.3) is 0 Å². The number of ether oxygens (including phenoxy) is 1. The van der Waals surface area contributed by atoms with Gasteiger partial charge < -0.3 is 21.1 Å². The van der Waals surface area contributed by atoms with E-state index in [2.05, 4.69) is 20.6 Å². The van der Waals surface area contributed by atoms with Crippen LogP contribution in [0.4, 0.5) is 11.6 Å². The summed E-state index contributed by atoms with van der Waals surface area (Å²) in [6, 6.07) is 5.42. The average molecular weight is 386 g/mol. The van der Waals surface area contributed by atoms with Crippen LogP contribution in [-0.4, -0.2) is 42.3 Å². The molecule has 24 heavy (non-hydrogen) atoms. The molecule has 1 unspecified atom stereocenters. The molecule has 2 heterocycles. The molecule has 1 aromatic carbocycles. The number of nitrogen functional groups attached to an aromatic ring is 1. The first-order chi connectivity index (χ1) is 11.6. The molecule has 0 amide bonds. The predicted octanol–water partition coefficient (Wildman–Crippen LogP) is 2.92. The van der Waals surface area contributed by atoms with Crippen molar-refractivity contribution in [1.29, 1.82) is 0 Å². The number of hydrogen-bond acceptors (Lipinski definition) is 7. The minimum Gasteiger partial charge on any atom is -0.381 e. The van der Waals surface area contributed by atoms with Crippen LogP contribution in [0.25, 0.3) is 0 Å². The number of nitrogens with two attached hydrogens (primary N) is 1. The molecular formula is C15H17Cl2N5OS. The van der Waals surface area contributed by atoms with Gasteiger partial charge in [-0.2, -0.15) is 0 Å². The molecule has 0 saturated carbocycles. The smallest absolute Gasteiger partial charge is 0.158 e. The molecule has 3 rings (SSSR count). The quantitative estimate of drug-likeness (QED) is 0.729. The van der Waals surface area contributed by atoms with Crippen molar-refractivity contribution in [1.82, 2.24) is 15.3 Å². The monoisotopic (exact) mass is 385 g/mol. The van der Waals surface area contributed by atoms with Crippen LogP contribution in [0.2, 0.25) is 10.0 Å². The zero-order chi connectivity index (χ0) is 16.9. The number of nitrogens with one attached hydrogen (secondary N) is 2. The molecule has 1 saturated heterocycles. The van der Waals surface area contributed by atoms with Crippen LogP contribution in [-0.2, 0) is 4.74 Å². The van der Waals surface area contributed by atoms with E-state index in [0.717, 1.165) is 24.6 Å². The molecule has 1 aliphatic rings. The van der Waals surface area contributed by atoms with Gasteiger partial charge in [-0.25, -0.2) is 9.97 Å². The maximum Gasteiger partial charge on any atom is 0.158 e. The van der Waals surface area contributed by atoms with E-state index in [1.165, 1.54) is 11.8 Å². The van der Waals surface area contributed by atoms with Gasteiger partial charge in [-0.15, -0.1) is 0 Å². The van der Waals surface area contributed by atoms with Gasteiger partial charge in [0.05, 0.1) is 29.0 Å². The van der Waals surface area contributed by atoms with Gasteiger partial charge in [-0.3, -0.25) is 0 Å². The molecule has 1 aromatic heterocycles. The minimum absolute atomic E-state index is 0.112. The van der Waals surface area contributed by atoms with Crippen LogP contribution >= 0.6 is 35.0 Å². The summed E-state index contributed by atoms with van der Waals surface area (Å²) in [6.07, 6.45) is 1.76. The van der Waals surface area contributed by atoms with Gasteiger partial charge >= 0.3 is 0 Å². The highest BCUT2D eigenvalue weighted by Gasteiger charge is 2.14. The fourth-order valence-electron chi connectivity index (χ4n) is 2.19. The van der Waals surface area contributed by atoms with Gasteiger partial charge in [0.15, 0.2) is 5.82 Å². The summed E-state index contributed by atoms with van der Waals surface area (Å²) in [5.74, 6) is 0.951. The summed E-state index contributed by atoms with van der Waals surface area (Å²) in [4.78, 5) is 9.48. The van der Waals surface area contributed by atoms with Crippen molar-refractivity contribution in [3.8, 4) is 0 Å². The Hall–Kier alpha value is -1.25. The number of nitrogens with zero attached hydrogens (tertiary/aromatic N) is 2. The second-order valence-corrected chi connectivity index (χ2v) is 6.99. The van der Waals surface area contributed by atoms with E-state index >= 15 is 0 Å². The third kappa shape index (κ3) is 4.43. The number of rotatable bonds is 5. The molecule has 9 heteroatoms. The number of hydrogen-bond donors (Lipinski definition) is 3. The molecule has 0 radical (unpaired) electrons. The molecule has 6 nitrogen and oxygen atoms in total. The molecule has 128 valence electrons. The SMILES string of the molecule is Nc1nc(NCC2CNCCO2)cnc1Sc1cccc(Cl)c1Cl. The second-order valence-electron chi connectivity index (χ2n) is 5.18. The molecule has 1 atom stereocenters. The maximum absolute atomic E-state index is 6.19. The summed E-state index contributed by atoms with van der Waals surface area (Å²) < 4.78 is 5.62. The summed E-state index contributed by atoms with van der Waals surface area (Å²) >= 11 is 13.5. The van der Waals surface area contributed by atoms with Crippen molar-refractivity contribution in [3.05, 3.63) is 34.4 Å². The van der Waals surface area contributed by atoms with Crippen LogP contribution in [0, 0.1) is 0 Å². The van der Waals surface area contributed by atoms with Gasteiger partial charge in [0, 0.05) is 24.5 Å². The van der Waals surface area contributed by atoms with Crippen molar-refractivity contribution in [3.63, 3.8) is 0 Å². The second kappa shape index (κ2) is 8.22. The minimum atomic E-state index is 0.112. The van der Waals surface area contributed by atoms with E-state index in [1.807, 2.05) is 12.1 Å². The lowest BCUT2D eigenvalue weighted by atomic mass is 10.3. The Kier molecular flexibility index (Phi) is 6.02. The molecule has 0 spiro atoms. The number of halogens is 2. The summed E-state index contributed by atoms with van der Waals surface area (Å²) in [5, 5.41) is 8.03. The van der Waals surface area contributed by atoms with E-state index < -0.39 is 0 Å². The van der Waals surface area contributed by atoms with Crippen molar-refractivity contribution < 1.29 is 4.74 Å². The molecule has 4 N–H and O–H groups in total. The highest BCUT2D eigenvalue weighted by atomic mass is 35.5. The molecule has 1 fully saturated rings. The lowest BCUT2D eigenvalue weighted by Gasteiger charge is -2.23. The number of aromatic nitrogens is 2. The van der Waals surface area contributed by atoms with Crippen LogP contribution in [0.5, 0.6) is 0 Å². The van der Waals surface area contributed by atoms with E-state index in [9.17, 15) is 0 Å². The maximum atomic E-state index is 6.19. The average Bonchev–Trinajstić information content (AvgIpc) is 2.60. The zero-order valence-corrected chi connectivity index (χ0v) is 15.1. The molecule has 1 aliphatic heterocycles. The Bertz CT molecular complexity index is 712. The number of morpholine rings is 1. The third-order valence-electron chi connectivity index (χ3n) is 3.40. The van der Waals surface area contributed by atoms with Gasteiger partial charge in [-0.05, 0) is 12.1 Å². The van der Waals surface area contributed by atoms with E-state index in [4.69, 9.17) is 33.7 Å². The summed E-state index contributed by atoms with van der Waals surface area (Å²) in [6.45, 7) is 3.07. The van der Waals surface area contributed by atoms with Crippen molar-refractivity contribution >= 4 is 46.6 Å². The standard InChI is InChI=1S/C15H17Cl2N5OS/c16-10-2-1-3-11(13(10)17)24-15-14(18)22-12(8-21-15)20-7-9-6-19-4-5-23-9/h1-3,8-9,19H,4-7H2,(H3,18,20,22). The molecule has 0 bridgehead atoms. The molecule has 0 aliphatic carbocycles. The fourth-order valence-corrected chi connectivity index (χ4v) is 3.47. The Labute approximate surface area is 154 Å². The van der Waals surface area contributed by atoms with Gasteiger partial charge in [0.1, 0.15) is 10.8 Å². The lowest BCUT2D eigenvalue weighted by molar-refractivity contribution is 0.0372. The van der Waals surface area contributed by atoms with E-state index in [1.54, 1.807) is 12.3 Å². The van der Waals surface area contributed by atoms with Gasteiger partial charge in [0.2, 0.25) is 0 Å². The van der Waals surface area contributed by atoms with Crippen molar-refractivity contribution in [2.45, 2.75) is 16.0 Å². The Balaban J connectivity index is 1.64. The summed E-state index contributed by atoms with van der Waals surface area (Å²) in [7, 11) is 0. The first-order valence-corrected chi connectivity index (χ1v) is 9.01. The fraction of sp³-hybridized carbons (Fsp3) is 0.333. The van der Waals surface area contributed by atoms with E-state index in [0.29, 0.717) is 33.3 Å². The third-order valence-corrected chi connectivity index (χ3v) is 5.40. The first-order valence-electron chi connectivity index (χ1n) is 7.44. The van der Waals surface area contributed by atoms with E-state index in [-0.39, 0.29) is 6.10 Å².